The maximum Gasteiger partial charge on any atom is 0.255 e. The van der Waals surface area contributed by atoms with Gasteiger partial charge in [0.2, 0.25) is 11.9 Å². The zero-order valence-corrected chi connectivity index (χ0v) is 12.8. The number of para-hydroxylation sites is 1. The lowest BCUT2D eigenvalue weighted by atomic mass is 10.1. The first-order chi connectivity index (χ1) is 11.6. The Kier molecular flexibility index (Phi) is 3.30. The molecule has 0 saturated heterocycles. The number of aromatic nitrogens is 3. The first kappa shape index (κ1) is 14.4. The highest BCUT2D eigenvalue weighted by Gasteiger charge is 2.25. The molecule has 24 heavy (non-hydrogen) atoms. The van der Waals surface area contributed by atoms with Gasteiger partial charge in [-0.05, 0) is 18.6 Å². The van der Waals surface area contributed by atoms with Gasteiger partial charge in [-0.3, -0.25) is 14.6 Å². The van der Waals surface area contributed by atoms with Crippen molar-refractivity contribution in [2.45, 2.75) is 19.4 Å². The van der Waals surface area contributed by atoms with Gasteiger partial charge in [-0.2, -0.15) is 0 Å². The molecule has 0 bridgehead atoms. The summed E-state index contributed by atoms with van der Waals surface area (Å²) in [5, 5.41) is 4.82. The normalized spacial score (nSPS) is 13.9. The third-order valence-electron chi connectivity index (χ3n) is 4.22. The van der Waals surface area contributed by atoms with Gasteiger partial charge >= 0.3 is 0 Å². The van der Waals surface area contributed by atoms with E-state index in [1.54, 1.807) is 4.90 Å². The second kappa shape index (κ2) is 5.48. The monoisotopic (exact) mass is 325 g/mol. The summed E-state index contributed by atoms with van der Waals surface area (Å²) < 4.78 is 5.23. The van der Waals surface area contributed by atoms with Crippen LogP contribution in [0.5, 0.6) is 0 Å². The van der Waals surface area contributed by atoms with Crippen LogP contribution in [0.15, 0.2) is 33.6 Å². The maximum absolute atomic E-state index is 12.6. The first-order valence-electron chi connectivity index (χ1n) is 7.60. The molecule has 8 heteroatoms. The number of benzene rings is 1. The van der Waals surface area contributed by atoms with Crippen LogP contribution in [0.1, 0.15) is 17.0 Å². The van der Waals surface area contributed by atoms with Gasteiger partial charge in [-0.25, -0.2) is 4.98 Å². The lowest BCUT2D eigenvalue weighted by Gasteiger charge is -2.27. The number of aromatic amines is 1. The fourth-order valence-corrected chi connectivity index (χ4v) is 2.99. The van der Waals surface area contributed by atoms with Crippen LogP contribution in [0.25, 0.3) is 11.0 Å². The third kappa shape index (κ3) is 2.41. The Balaban J connectivity index is 1.56. The second-order valence-electron chi connectivity index (χ2n) is 5.74. The molecule has 0 unspecified atom stereocenters. The number of amides is 1. The largest absolute Gasteiger partial charge is 0.369 e. The number of hydrogen-bond acceptors (Lipinski definition) is 6. The van der Waals surface area contributed by atoms with Crippen molar-refractivity contribution in [3.63, 3.8) is 0 Å². The van der Waals surface area contributed by atoms with Crippen LogP contribution in [-0.2, 0) is 24.2 Å². The van der Waals surface area contributed by atoms with Crippen molar-refractivity contribution in [1.82, 2.24) is 20.0 Å². The van der Waals surface area contributed by atoms with E-state index in [0.717, 1.165) is 5.39 Å². The van der Waals surface area contributed by atoms with Gasteiger partial charge in [-0.1, -0.05) is 17.3 Å². The summed E-state index contributed by atoms with van der Waals surface area (Å²) in [7, 11) is 0. The number of nitrogens with two attached hydrogens (primary N) is 1. The van der Waals surface area contributed by atoms with Crippen molar-refractivity contribution in [3.8, 4) is 0 Å². The Bertz CT molecular complexity index is 991. The van der Waals surface area contributed by atoms with Gasteiger partial charge in [0.15, 0.2) is 5.58 Å². The summed E-state index contributed by atoms with van der Waals surface area (Å²) in [5.74, 6) is -0.0177. The number of rotatable bonds is 2. The summed E-state index contributed by atoms with van der Waals surface area (Å²) in [6.45, 7) is 0.744. The van der Waals surface area contributed by atoms with Crippen molar-refractivity contribution in [3.05, 3.63) is 51.6 Å². The van der Waals surface area contributed by atoms with Crippen LogP contribution < -0.4 is 11.3 Å². The van der Waals surface area contributed by atoms with Crippen molar-refractivity contribution in [2.24, 2.45) is 0 Å². The number of carbonyl (C=O) groups excluding carboxylic acids is 1. The zero-order chi connectivity index (χ0) is 16.7. The van der Waals surface area contributed by atoms with E-state index < -0.39 is 0 Å². The number of hydrogen-bond donors (Lipinski definition) is 2. The smallest absolute Gasteiger partial charge is 0.255 e. The van der Waals surface area contributed by atoms with E-state index in [1.165, 1.54) is 0 Å². The fourth-order valence-electron chi connectivity index (χ4n) is 2.99. The lowest BCUT2D eigenvalue weighted by Crippen LogP contribution is -2.40. The molecule has 2 aromatic heterocycles. The number of H-pyrrole nitrogens is 1. The Labute approximate surface area is 136 Å². The average Bonchev–Trinajstić information content (AvgIpc) is 2.97. The average molecular weight is 325 g/mol. The molecule has 1 aromatic carbocycles. The summed E-state index contributed by atoms with van der Waals surface area (Å²) >= 11 is 0. The van der Waals surface area contributed by atoms with E-state index in [1.807, 2.05) is 24.3 Å². The minimum atomic E-state index is -0.230. The molecule has 0 radical (unpaired) electrons. The molecule has 0 spiro atoms. The van der Waals surface area contributed by atoms with Gasteiger partial charge in [0.05, 0.1) is 18.7 Å². The molecular formula is C16H15N5O3. The molecule has 1 aliphatic heterocycles. The minimum Gasteiger partial charge on any atom is -0.369 e. The van der Waals surface area contributed by atoms with Gasteiger partial charge in [0.1, 0.15) is 5.69 Å². The summed E-state index contributed by atoms with van der Waals surface area (Å²) in [5.41, 5.74) is 7.78. The number of nitrogens with one attached hydrogen (secondary N) is 1. The van der Waals surface area contributed by atoms with Crippen LogP contribution in [0.4, 0.5) is 5.95 Å². The molecular weight excluding hydrogens is 310 g/mol. The maximum atomic E-state index is 12.6. The molecule has 0 aliphatic carbocycles. The molecule has 1 amide bonds. The lowest BCUT2D eigenvalue weighted by molar-refractivity contribution is -0.131. The molecule has 0 atom stereocenters. The minimum absolute atomic E-state index is 0.0653. The molecule has 1 aliphatic rings. The fraction of sp³-hybridized carbons (Fsp3) is 0.250. The SMILES string of the molecule is Nc1nc2c(c(=O)[nH]1)CCN(C(=O)Cc1noc3ccccc13)C2. The molecule has 3 heterocycles. The third-order valence-corrected chi connectivity index (χ3v) is 4.22. The highest BCUT2D eigenvalue weighted by molar-refractivity contribution is 5.86. The quantitative estimate of drug-likeness (QED) is 0.713. The summed E-state index contributed by atoms with van der Waals surface area (Å²) in [6, 6.07) is 7.42. The number of fused-ring (bicyclic) bond motifs is 2. The first-order valence-corrected chi connectivity index (χ1v) is 7.60. The van der Waals surface area contributed by atoms with Crippen LogP contribution in [0.2, 0.25) is 0 Å². The molecule has 3 aromatic rings. The molecule has 122 valence electrons. The second-order valence-corrected chi connectivity index (χ2v) is 5.74. The Morgan fingerprint density at radius 3 is 3.08 bits per heavy atom. The van der Waals surface area contributed by atoms with Crippen LogP contribution in [0, 0.1) is 0 Å². The Hall–Kier alpha value is -3.16. The van der Waals surface area contributed by atoms with Crippen molar-refractivity contribution in [1.29, 1.82) is 0 Å². The number of nitrogen functional groups attached to an aromatic ring is 1. The van der Waals surface area contributed by atoms with Crippen molar-refractivity contribution in [2.75, 3.05) is 12.3 Å². The predicted octanol–water partition coefficient (Wildman–Crippen LogP) is 0.621. The van der Waals surface area contributed by atoms with E-state index in [-0.39, 0.29) is 30.4 Å². The van der Waals surface area contributed by atoms with E-state index in [0.29, 0.717) is 35.5 Å². The zero-order valence-electron chi connectivity index (χ0n) is 12.8. The van der Waals surface area contributed by atoms with E-state index >= 15 is 0 Å². The molecule has 8 nitrogen and oxygen atoms in total. The summed E-state index contributed by atoms with van der Waals surface area (Å²) in [6.07, 6.45) is 0.605. The molecule has 3 N–H and O–H groups in total. The molecule has 0 saturated carbocycles. The highest BCUT2D eigenvalue weighted by atomic mass is 16.5. The van der Waals surface area contributed by atoms with Crippen molar-refractivity contribution < 1.29 is 9.32 Å². The number of nitrogens with zero attached hydrogens (tertiary/aromatic N) is 3. The number of anilines is 1. The van der Waals surface area contributed by atoms with Crippen molar-refractivity contribution >= 4 is 22.8 Å². The van der Waals surface area contributed by atoms with Gasteiger partial charge in [0, 0.05) is 17.5 Å². The Morgan fingerprint density at radius 2 is 2.21 bits per heavy atom. The van der Waals surface area contributed by atoms with Gasteiger partial charge in [0.25, 0.3) is 5.56 Å². The molecule has 0 fully saturated rings. The molecule has 4 rings (SSSR count). The van der Waals surface area contributed by atoms with Crippen LogP contribution >= 0.6 is 0 Å². The standard InChI is InChI=1S/C16H15N5O3/c17-16-18-12-8-21(6-5-10(12)15(23)19-16)14(22)7-11-9-3-1-2-4-13(9)24-20-11/h1-4H,5-8H2,(H3,17,18,19,23). The van der Waals surface area contributed by atoms with Gasteiger partial charge < -0.3 is 15.2 Å². The van der Waals surface area contributed by atoms with Crippen LogP contribution in [-0.4, -0.2) is 32.5 Å². The van der Waals surface area contributed by atoms with E-state index in [4.69, 9.17) is 10.3 Å². The van der Waals surface area contributed by atoms with Gasteiger partial charge in [-0.15, -0.1) is 0 Å². The Morgan fingerprint density at radius 1 is 1.38 bits per heavy atom. The summed E-state index contributed by atoms with van der Waals surface area (Å²) in [4.78, 5) is 32.7. The highest BCUT2D eigenvalue weighted by Crippen LogP contribution is 2.20. The topological polar surface area (TPSA) is 118 Å². The number of carbonyl (C=O) groups is 1. The predicted molar refractivity (Wildman–Crippen MR) is 86.1 cm³/mol. The van der Waals surface area contributed by atoms with E-state index in [9.17, 15) is 9.59 Å². The van der Waals surface area contributed by atoms with E-state index in [2.05, 4.69) is 15.1 Å². The van der Waals surface area contributed by atoms with Crippen LogP contribution in [0.3, 0.4) is 0 Å².